The van der Waals surface area contributed by atoms with Crippen molar-refractivity contribution in [3.05, 3.63) is 78.4 Å². The summed E-state index contributed by atoms with van der Waals surface area (Å²) in [7, 11) is 0. The van der Waals surface area contributed by atoms with E-state index in [4.69, 9.17) is 10.3 Å². The van der Waals surface area contributed by atoms with Crippen LogP contribution in [0, 0.1) is 5.53 Å². The molecule has 0 amide bonds. The second kappa shape index (κ2) is 9.50. The smallest absolute Gasteiger partial charge is 0.335 e. The fourth-order valence-electron chi connectivity index (χ4n) is 3.31. The third kappa shape index (κ3) is 4.49. The topological polar surface area (TPSA) is 61.4 Å². The minimum absolute atomic E-state index is 0.527. The van der Waals surface area contributed by atoms with Crippen LogP contribution >= 0.6 is 11.3 Å². The van der Waals surface area contributed by atoms with Gasteiger partial charge in [-0.2, -0.15) is 5.11 Å². The minimum atomic E-state index is 0.527. The average Bonchev–Trinajstić information content (AvgIpc) is 3.11. The number of hydrogen-bond acceptors (Lipinski definition) is 5. The highest BCUT2D eigenvalue weighted by molar-refractivity contribution is 7.21. The first-order valence-corrected chi connectivity index (χ1v) is 11.0. The number of fused-ring (bicyclic) bond motifs is 1. The van der Waals surface area contributed by atoms with Gasteiger partial charge >= 0.3 is 5.13 Å². The van der Waals surface area contributed by atoms with E-state index in [0.29, 0.717) is 11.4 Å². The van der Waals surface area contributed by atoms with Crippen LogP contribution in [0.4, 0.5) is 10.8 Å². The number of unbranched alkanes of at least 4 members (excludes halogenated alkanes) is 1. The van der Waals surface area contributed by atoms with E-state index in [1.807, 2.05) is 48.5 Å². The monoisotopic (exact) mass is 417 g/mol. The molecule has 0 saturated heterocycles. The summed E-state index contributed by atoms with van der Waals surface area (Å²) in [5.74, 6) is 1.32. The summed E-state index contributed by atoms with van der Waals surface area (Å²) >= 11 is 1.69. The Labute approximate surface area is 180 Å². The van der Waals surface area contributed by atoms with E-state index >= 15 is 0 Å². The summed E-state index contributed by atoms with van der Waals surface area (Å²) in [5.41, 5.74) is 10.5. The summed E-state index contributed by atoms with van der Waals surface area (Å²) in [4.78, 5) is 0. The Balaban J connectivity index is 1.78. The minimum Gasteiger partial charge on any atom is -0.455 e. The normalized spacial score (nSPS) is 10.8. The zero-order valence-electron chi connectivity index (χ0n) is 17.0. The van der Waals surface area contributed by atoms with Crippen molar-refractivity contribution in [2.75, 3.05) is 11.9 Å². The first kappa shape index (κ1) is 20.0. The molecule has 4 rings (SSSR count). The van der Waals surface area contributed by atoms with Crippen molar-refractivity contribution < 1.29 is 9.30 Å². The lowest BCUT2D eigenvalue weighted by molar-refractivity contribution is -0.644. The molecule has 0 saturated carbocycles. The Kier molecular flexibility index (Phi) is 6.35. The third-order valence-electron chi connectivity index (χ3n) is 4.86. The van der Waals surface area contributed by atoms with Crippen LogP contribution in [0.25, 0.3) is 10.2 Å². The van der Waals surface area contributed by atoms with Gasteiger partial charge in [0.05, 0.1) is 11.2 Å². The van der Waals surface area contributed by atoms with Gasteiger partial charge in [0.1, 0.15) is 23.5 Å². The third-order valence-corrected chi connectivity index (χ3v) is 5.97. The van der Waals surface area contributed by atoms with E-state index in [1.165, 1.54) is 5.56 Å². The Morgan fingerprint density at radius 3 is 2.47 bits per heavy atom. The highest BCUT2D eigenvalue weighted by Gasteiger charge is 2.21. The van der Waals surface area contributed by atoms with Crippen LogP contribution in [0.5, 0.6) is 11.5 Å². The quantitative estimate of drug-likeness (QED) is 0.177. The van der Waals surface area contributed by atoms with Gasteiger partial charge in [-0.05, 0) is 41.5 Å². The van der Waals surface area contributed by atoms with Crippen LogP contribution < -0.4 is 14.6 Å². The molecule has 0 atom stereocenters. The van der Waals surface area contributed by atoms with Crippen molar-refractivity contribution in [2.24, 2.45) is 5.11 Å². The molecular weight excluding hydrogens is 392 g/mol. The average molecular weight is 418 g/mol. The van der Waals surface area contributed by atoms with Crippen LogP contribution in [0.3, 0.4) is 0 Å². The van der Waals surface area contributed by atoms with Gasteiger partial charge in [-0.1, -0.05) is 61.9 Å². The Hall–Kier alpha value is -3.25. The first-order chi connectivity index (χ1) is 14.8. The lowest BCUT2D eigenvalue weighted by atomic mass is 10.2. The molecule has 0 aliphatic carbocycles. The van der Waals surface area contributed by atoms with Crippen LogP contribution in [0.15, 0.2) is 77.9 Å². The maximum absolute atomic E-state index is 7.63. The molecule has 2 N–H and O–H groups in total. The number of rotatable bonds is 9. The number of para-hydroxylation sites is 1. The number of ether oxygens (including phenoxy) is 1. The van der Waals surface area contributed by atoms with Gasteiger partial charge < -0.3 is 4.74 Å². The van der Waals surface area contributed by atoms with Gasteiger partial charge in [0.25, 0.3) is 0 Å². The number of benzene rings is 3. The lowest BCUT2D eigenvalue weighted by Crippen LogP contribution is -2.36. The molecule has 1 heterocycles. The van der Waals surface area contributed by atoms with Gasteiger partial charge in [-0.25, -0.2) is 10.1 Å². The molecule has 0 radical (unpaired) electrons. The Morgan fingerprint density at radius 1 is 1.03 bits per heavy atom. The van der Waals surface area contributed by atoms with E-state index < -0.39 is 0 Å². The molecule has 30 heavy (non-hydrogen) atoms. The summed E-state index contributed by atoms with van der Waals surface area (Å²) < 4.78 is 9.45. The van der Waals surface area contributed by atoms with Crippen molar-refractivity contribution in [1.29, 1.82) is 5.53 Å². The second-order valence-electron chi connectivity index (χ2n) is 7.07. The molecular formula is C24H25N4OS+. The van der Waals surface area contributed by atoms with Crippen molar-refractivity contribution in [3.63, 3.8) is 0 Å². The SMILES string of the molecule is CCCCNc1sc2cc(N=N)c(Oc3ccccc3)cc2[n+]1Cc1ccccc1. The predicted molar refractivity (Wildman–Crippen MR) is 122 cm³/mol. The summed E-state index contributed by atoms with van der Waals surface area (Å²) in [6.45, 7) is 3.89. The molecule has 6 heteroatoms. The van der Waals surface area contributed by atoms with Crippen LogP contribution in [0.1, 0.15) is 25.3 Å². The van der Waals surface area contributed by atoms with Crippen LogP contribution in [0.2, 0.25) is 0 Å². The van der Waals surface area contributed by atoms with Gasteiger partial charge in [-0.3, -0.25) is 5.32 Å². The van der Waals surface area contributed by atoms with Gasteiger partial charge in [-0.15, -0.1) is 0 Å². The molecule has 3 aromatic carbocycles. The first-order valence-electron chi connectivity index (χ1n) is 10.2. The number of aromatic nitrogens is 1. The standard InChI is InChI=1S/C24H24N4OS/c1-2-3-14-26-24-28(17-18-10-6-4-7-11-18)21-16-22(20(27-25)15-23(21)30-24)29-19-12-8-5-9-13-19/h4-13,15-16,25H,2-3,14,17H2,1H3/p+1. The van der Waals surface area contributed by atoms with Gasteiger partial charge in [0.2, 0.25) is 0 Å². The van der Waals surface area contributed by atoms with Crippen molar-refractivity contribution in [1.82, 2.24) is 0 Å². The van der Waals surface area contributed by atoms with E-state index in [-0.39, 0.29) is 0 Å². The lowest BCUT2D eigenvalue weighted by Gasteiger charge is -2.08. The fourth-order valence-corrected chi connectivity index (χ4v) is 4.41. The Morgan fingerprint density at radius 2 is 1.77 bits per heavy atom. The number of hydrogen-bond donors (Lipinski definition) is 2. The predicted octanol–water partition coefficient (Wildman–Crippen LogP) is 6.90. The van der Waals surface area contributed by atoms with Gasteiger partial charge in [0, 0.05) is 6.07 Å². The number of nitrogens with zero attached hydrogens (tertiary/aromatic N) is 2. The second-order valence-corrected chi connectivity index (χ2v) is 8.10. The zero-order valence-corrected chi connectivity index (χ0v) is 17.8. The van der Waals surface area contributed by atoms with E-state index in [1.54, 1.807) is 11.3 Å². The summed E-state index contributed by atoms with van der Waals surface area (Å²) in [5, 5.41) is 8.42. The van der Waals surface area contributed by atoms with E-state index in [2.05, 4.69) is 46.2 Å². The largest absolute Gasteiger partial charge is 0.455 e. The molecule has 5 nitrogen and oxygen atoms in total. The van der Waals surface area contributed by atoms with E-state index in [9.17, 15) is 0 Å². The molecule has 0 aliphatic heterocycles. The molecule has 0 fully saturated rings. The van der Waals surface area contributed by atoms with Crippen molar-refractivity contribution >= 4 is 32.4 Å². The number of anilines is 1. The molecule has 0 bridgehead atoms. The van der Waals surface area contributed by atoms with E-state index in [0.717, 1.165) is 47.0 Å². The zero-order chi connectivity index (χ0) is 20.8. The molecule has 0 unspecified atom stereocenters. The van der Waals surface area contributed by atoms with Crippen LogP contribution in [-0.4, -0.2) is 6.54 Å². The molecule has 152 valence electrons. The van der Waals surface area contributed by atoms with Crippen molar-refractivity contribution in [2.45, 2.75) is 26.3 Å². The number of thiazole rings is 1. The fraction of sp³-hybridized carbons (Fsp3) is 0.208. The summed E-state index contributed by atoms with van der Waals surface area (Å²) in [6.07, 6.45) is 2.27. The Bertz CT molecular complexity index is 1130. The molecule has 0 aliphatic rings. The van der Waals surface area contributed by atoms with Crippen molar-refractivity contribution in [3.8, 4) is 11.5 Å². The van der Waals surface area contributed by atoms with Gasteiger partial charge in [0.15, 0.2) is 5.75 Å². The maximum Gasteiger partial charge on any atom is 0.335 e. The highest BCUT2D eigenvalue weighted by Crippen LogP contribution is 2.38. The maximum atomic E-state index is 7.63. The summed E-state index contributed by atoms with van der Waals surface area (Å²) in [6, 6.07) is 24.0. The molecule has 4 aromatic rings. The van der Waals surface area contributed by atoms with Crippen LogP contribution in [-0.2, 0) is 6.54 Å². The molecule has 1 aromatic heterocycles. The highest BCUT2D eigenvalue weighted by atomic mass is 32.1. The molecule has 0 spiro atoms. The number of nitrogens with one attached hydrogen (secondary N) is 2.